The monoisotopic (exact) mass is 285 g/mol. The lowest BCUT2D eigenvalue weighted by atomic mass is 10.2. The van der Waals surface area contributed by atoms with Crippen LogP contribution in [0, 0.1) is 0 Å². The van der Waals surface area contributed by atoms with Crippen molar-refractivity contribution in [3.8, 4) is 0 Å². The molecule has 6 heteroatoms. The zero-order chi connectivity index (χ0) is 13.9. The molecular formula is C13H23N3O2S. The molecule has 0 amide bonds. The molecule has 1 fully saturated rings. The van der Waals surface area contributed by atoms with Crippen molar-refractivity contribution in [3.63, 3.8) is 0 Å². The predicted octanol–water partition coefficient (Wildman–Crippen LogP) is 1.31. The second-order valence-electron chi connectivity index (χ2n) is 5.13. The molecule has 5 nitrogen and oxygen atoms in total. The van der Waals surface area contributed by atoms with Gasteiger partial charge in [0.15, 0.2) is 0 Å². The Balaban J connectivity index is 2.25. The third kappa shape index (κ3) is 3.19. The summed E-state index contributed by atoms with van der Waals surface area (Å²) in [5.41, 5.74) is 0.982. The largest absolute Gasteiger partial charge is 0.352 e. The average molecular weight is 285 g/mol. The highest BCUT2D eigenvalue weighted by molar-refractivity contribution is 7.89. The molecule has 0 aliphatic carbocycles. The highest BCUT2D eigenvalue weighted by atomic mass is 32.2. The molecule has 19 heavy (non-hydrogen) atoms. The van der Waals surface area contributed by atoms with Gasteiger partial charge >= 0.3 is 0 Å². The van der Waals surface area contributed by atoms with Crippen molar-refractivity contribution in [2.45, 2.75) is 37.1 Å². The minimum absolute atomic E-state index is 0.419. The van der Waals surface area contributed by atoms with Gasteiger partial charge in [-0.25, -0.2) is 8.42 Å². The summed E-state index contributed by atoms with van der Waals surface area (Å²) in [5.74, 6) is 0. The number of nitrogens with zero attached hydrogens (tertiary/aromatic N) is 2. The first-order valence-corrected chi connectivity index (χ1v) is 8.29. The SMILES string of the molecule is CNCc1cc(S(=O)(=O)N2CCCCCC2)cn1C. The van der Waals surface area contributed by atoms with Crippen LogP contribution in [0.5, 0.6) is 0 Å². The molecule has 0 spiro atoms. The van der Waals surface area contributed by atoms with Gasteiger partial charge in [-0.2, -0.15) is 4.31 Å². The summed E-state index contributed by atoms with van der Waals surface area (Å²) in [6, 6.07) is 1.77. The molecule has 1 N–H and O–H groups in total. The summed E-state index contributed by atoms with van der Waals surface area (Å²) in [7, 11) is 0.420. The van der Waals surface area contributed by atoms with Crippen LogP contribution in [0.3, 0.4) is 0 Å². The van der Waals surface area contributed by atoms with Gasteiger partial charge in [0.05, 0.1) is 0 Å². The molecule has 0 radical (unpaired) electrons. The topological polar surface area (TPSA) is 54.3 Å². The summed E-state index contributed by atoms with van der Waals surface area (Å²) < 4.78 is 28.7. The van der Waals surface area contributed by atoms with Crippen LogP contribution in [0.4, 0.5) is 0 Å². The summed E-state index contributed by atoms with van der Waals surface area (Å²) in [6.45, 7) is 1.98. The highest BCUT2D eigenvalue weighted by Gasteiger charge is 2.26. The van der Waals surface area contributed by atoms with E-state index in [0.717, 1.165) is 31.4 Å². The first-order chi connectivity index (χ1) is 9.05. The summed E-state index contributed by atoms with van der Waals surface area (Å²) in [4.78, 5) is 0.419. The van der Waals surface area contributed by atoms with Crippen molar-refractivity contribution in [2.75, 3.05) is 20.1 Å². The van der Waals surface area contributed by atoms with E-state index in [4.69, 9.17) is 0 Å². The van der Waals surface area contributed by atoms with E-state index in [2.05, 4.69) is 5.32 Å². The number of rotatable bonds is 4. The van der Waals surface area contributed by atoms with Crippen molar-refractivity contribution in [1.82, 2.24) is 14.2 Å². The van der Waals surface area contributed by atoms with E-state index in [-0.39, 0.29) is 0 Å². The zero-order valence-corrected chi connectivity index (χ0v) is 12.5. The van der Waals surface area contributed by atoms with E-state index >= 15 is 0 Å². The zero-order valence-electron chi connectivity index (χ0n) is 11.7. The maximum Gasteiger partial charge on any atom is 0.244 e. The van der Waals surface area contributed by atoms with Crippen molar-refractivity contribution in [3.05, 3.63) is 18.0 Å². The molecule has 2 heterocycles. The lowest BCUT2D eigenvalue weighted by Crippen LogP contribution is -2.31. The van der Waals surface area contributed by atoms with Gasteiger partial charge in [-0.15, -0.1) is 0 Å². The van der Waals surface area contributed by atoms with Gasteiger partial charge in [0.1, 0.15) is 4.90 Å². The van der Waals surface area contributed by atoms with Crippen molar-refractivity contribution < 1.29 is 8.42 Å². The molecule has 0 unspecified atom stereocenters. The van der Waals surface area contributed by atoms with Crippen molar-refractivity contribution in [2.24, 2.45) is 7.05 Å². The summed E-state index contributed by atoms with van der Waals surface area (Å²) in [5, 5.41) is 3.05. The number of sulfonamides is 1. The number of aryl methyl sites for hydroxylation is 1. The van der Waals surface area contributed by atoms with Crippen LogP contribution in [0.2, 0.25) is 0 Å². The first kappa shape index (κ1) is 14.6. The summed E-state index contributed by atoms with van der Waals surface area (Å²) >= 11 is 0. The van der Waals surface area contributed by atoms with E-state index in [1.165, 1.54) is 0 Å². The van der Waals surface area contributed by atoms with Gasteiger partial charge in [0.25, 0.3) is 0 Å². The van der Waals surface area contributed by atoms with Crippen LogP contribution in [0.1, 0.15) is 31.4 Å². The van der Waals surface area contributed by atoms with E-state index in [0.29, 0.717) is 24.5 Å². The fraction of sp³-hybridized carbons (Fsp3) is 0.692. The van der Waals surface area contributed by atoms with Crippen LogP contribution in [0.25, 0.3) is 0 Å². The lowest BCUT2D eigenvalue weighted by Gasteiger charge is -2.18. The Morgan fingerprint density at radius 1 is 1.21 bits per heavy atom. The lowest BCUT2D eigenvalue weighted by molar-refractivity contribution is 0.423. The van der Waals surface area contributed by atoms with Crippen molar-refractivity contribution in [1.29, 1.82) is 0 Å². The second kappa shape index (κ2) is 6.07. The van der Waals surface area contributed by atoms with Gasteiger partial charge < -0.3 is 9.88 Å². The van der Waals surface area contributed by atoms with E-state index < -0.39 is 10.0 Å². The van der Waals surface area contributed by atoms with Gasteiger partial charge in [0.2, 0.25) is 10.0 Å². The number of nitrogens with one attached hydrogen (secondary N) is 1. The smallest absolute Gasteiger partial charge is 0.244 e. The van der Waals surface area contributed by atoms with Gasteiger partial charge in [-0.3, -0.25) is 0 Å². The van der Waals surface area contributed by atoms with Gasteiger partial charge in [0, 0.05) is 38.6 Å². The molecule has 1 aliphatic heterocycles. The predicted molar refractivity (Wildman–Crippen MR) is 75.4 cm³/mol. The van der Waals surface area contributed by atoms with Crippen LogP contribution in [-0.2, 0) is 23.6 Å². The molecule has 0 atom stereocenters. The Labute approximate surface area is 115 Å². The fourth-order valence-electron chi connectivity index (χ4n) is 2.51. The minimum atomic E-state index is -3.32. The molecule has 1 aromatic rings. The molecule has 0 aromatic carbocycles. The van der Waals surface area contributed by atoms with Gasteiger partial charge in [-0.05, 0) is 26.0 Å². The molecule has 1 saturated heterocycles. The Morgan fingerprint density at radius 2 is 1.84 bits per heavy atom. The molecule has 108 valence electrons. The number of aromatic nitrogens is 1. The maximum atomic E-state index is 12.6. The fourth-order valence-corrected chi connectivity index (χ4v) is 4.12. The Morgan fingerprint density at radius 3 is 2.42 bits per heavy atom. The summed E-state index contributed by atoms with van der Waals surface area (Å²) in [6.07, 6.45) is 5.91. The second-order valence-corrected chi connectivity index (χ2v) is 7.06. The Hall–Kier alpha value is -0.850. The molecular weight excluding hydrogens is 262 g/mol. The standard InChI is InChI=1S/C13H23N3O2S/c1-14-10-12-9-13(11-15(12)2)19(17,18)16-7-5-3-4-6-8-16/h9,11,14H,3-8,10H2,1-2H3. The first-order valence-electron chi connectivity index (χ1n) is 6.85. The van der Waals surface area contributed by atoms with Crippen LogP contribution < -0.4 is 5.32 Å². The average Bonchev–Trinajstić information content (AvgIpc) is 2.61. The highest BCUT2D eigenvalue weighted by Crippen LogP contribution is 2.21. The molecule has 1 aromatic heterocycles. The Bertz CT molecular complexity index is 514. The van der Waals surface area contributed by atoms with Crippen LogP contribution in [-0.4, -0.2) is 37.4 Å². The maximum absolute atomic E-state index is 12.6. The quantitative estimate of drug-likeness (QED) is 0.907. The third-order valence-electron chi connectivity index (χ3n) is 3.64. The van der Waals surface area contributed by atoms with E-state index in [1.807, 2.05) is 18.7 Å². The normalized spacial score (nSPS) is 18.4. The molecule has 0 saturated carbocycles. The number of hydrogen-bond acceptors (Lipinski definition) is 3. The van der Waals surface area contributed by atoms with Crippen LogP contribution in [0.15, 0.2) is 17.2 Å². The third-order valence-corrected chi connectivity index (χ3v) is 5.51. The van der Waals surface area contributed by atoms with Crippen molar-refractivity contribution >= 4 is 10.0 Å². The van der Waals surface area contributed by atoms with E-state index in [9.17, 15) is 8.42 Å². The van der Waals surface area contributed by atoms with Crippen LogP contribution >= 0.6 is 0 Å². The minimum Gasteiger partial charge on any atom is -0.352 e. The number of hydrogen-bond donors (Lipinski definition) is 1. The van der Waals surface area contributed by atoms with Gasteiger partial charge in [-0.1, -0.05) is 12.8 Å². The van der Waals surface area contributed by atoms with E-state index in [1.54, 1.807) is 16.6 Å². The molecule has 2 rings (SSSR count). The molecule has 0 bridgehead atoms. The Kier molecular flexibility index (Phi) is 4.65. The molecule has 1 aliphatic rings.